The summed E-state index contributed by atoms with van der Waals surface area (Å²) in [6.07, 6.45) is -1.24. The number of hydrogen-bond acceptors (Lipinski definition) is 10. The van der Waals surface area contributed by atoms with Crippen molar-refractivity contribution in [3.63, 3.8) is 0 Å². The number of nitrogens with zero attached hydrogens (tertiary/aromatic N) is 1. The predicted octanol–water partition coefficient (Wildman–Crippen LogP) is 1.07. The summed E-state index contributed by atoms with van der Waals surface area (Å²) in [6.45, 7) is 0. The molecule has 0 aliphatic rings. The van der Waals surface area contributed by atoms with E-state index in [4.69, 9.17) is 14.2 Å². The Morgan fingerprint density at radius 3 is 2.00 bits per heavy atom. The van der Waals surface area contributed by atoms with Crippen molar-refractivity contribution in [2.24, 2.45) is 0 Å². The second kappa shape index (κ2) is 9.62. The first-order valence-corrected chi connectivity index (χ1v) is 9.24. The number of methoxy groups -OCH3 is 3. The van der Waals surface area contributed by atoms with E-state index in [1.807, 2.05) is 0 Å². The van der Waals surface area contributed by atoms with E-state index in [1.165, 1.54) is 33.5 Å². The molecular weight excluding hydrogens is 426 g/mol. The van der Waals surface area contributed by atoms with Gasteiger partial charge in [0.05, 0.1) is 21.3 Å². The fourth-order valence-corrected chi connectivity index (χ4v) is 3.29. The molecule has 0 aromatic heterocycles. The Kier molecular flexibility index (Phi) is 7.39. The van der Waals surface area contributed by atoms with Gasteiger partial charge >= 0.3 is 5.91 Å². The van der Waals surface area contributed by atoms with Crippen LogP contribution in [0.5, 0.6) is 34.5 Å². The fourth-order valence-electron chi connectivity index (χ4n) is 3.29. The van der Waals surface area contributed by atoms with Gasteiger partial charge < -0.3 is 34.6 Å². The molecular formula is C21H25NO10. The molecule has 11 heteroatoms. The first kappa shape index (κ1) is 24.6. The molecule has 2 aromatic carbocycles. The third-order valence-electron chi connectivity index (χ3n) is 4.84. The molecule has 0 aliphatic heterocycles. The number of ether oxygens (including phenoxy) is 3. The van der Waals surface area contributed by atoms with Gasteiger partial charge in [-0.2, -0.15) is 0 Å². The maximum absolute atomic E-state index is 12.4. The average Bonchev–Trinajstić information content (AvgIpc) is 2.75. The van der Waals surface area contributed by atoms with Gasteiger partial charge in [-0.1, -0.05) is 0 Å². The third-order valence-corrected chi connectivity index (χ3v) is 4.84. The minimum Gasteiger partial charge on any atom is -0.504 e. The average molecular weight is 451 g/mol. The molecule has 0 radical (unpaired) electrons. The lowest BCUT2D eigenvalue weighted by molar-refractivity contribution is -0.167. The van der Waals surface area contributed by atoms with E-state index in [2.05, 4.69) is 0 Å². The molecule has 174 valence electrons. The van der Waals surface area contributed by atoms with Gasteiger partial charge in [0.25, 0.3) is 0 Å². The first-order valence-electron chi connectivity index (χ1n) is 9.24. The van der Waals surface area contributed by atoms with Crippen LogP contribution in [-0.4, -0.2) is 70.8 Å². The molecule has 1 atom stereocenters. The number of phenolic OH excluding ortho intramolecular Hbond substituents is 3. The van der Waals surface area contributed by atoms with Crippen LogP contribution in [0.1, 0.15) is 17.5 Å². The minimum absolute atomic E-state index is 0.0658. The number of aliphatic hydroxyl groups is 1. The van der Waals surface area contributed by atoms with Crippen LogP contribution in [0, 0.1) is 0 Å². The number of carbonyl (C=O) groups is 2. The number of likely N-dealkylation sites (N-methyl/N-ethyl adjacent to an activating group) is 1. The normalized spacial score (nSPS) is 12.6. The van der Waals surface area contributed by atoms with E-state index in [1.54, 1.807) is 0 Å². The third kappa shape index (κ3) is 4.79. The summed E-state index contributed by atoms with van der Waals surface area (Å²) in [5.74, 6) is -4.13. The Labute approximate surface area is 183 Å². The van der Waals surface area contributed by atoms with Gasteiger partial charge in [0.15, 0.2) is 23.0 Å². The van der Waals surface area contributed by atoms with Crippen LogP contribution in [-0.2, 0) is 21.6 Å². The molecule has 2 aromatic rings. The SMILES string of the molecule is COc1cc(CC(O)(CC(=O)C(=O)N(C)O)c2ccc(O)c(O)c2O)cc(OC)c1OC. The highest BCUT2D eigenvalue weighted by molar-refractivity contribution is 6.35. The van der Waals surface area contributed by atoms with E-state index in [0.717, 1.165) is 19.2 Å². The first-order chi connectivity index (χ1) is 15.0. The molecule has 5 N–H and O–H groups in total. The zero-order valence-electron chi connectivity index (χ0n) is 17.9. The zero-order valence-corrected chi connectivity index (χ0v) is 17.9. The molecule has 0 fully saturated rings. The summed E-state index contributed by atoms with van der Waals surface area (Å²) in [7, 11) is 5.12. The second-order valence-electron chi connectivity index (χ2n) is 7.00. The summed E-state index contributed by atoms with van der Waals surface area (Å²) in [6, 6.07) is 5.10. The smallest absolute Gasteiger partial charge is 0.313 e. The molecule has 0 spiro atoms. The molecule has 0 saturated heterocycles. The largest absolute Gasteiger partial charge is 0.504 e. The predicted molar refractivity (Wildman–Crippen MR) is 109 cm³/mol. The molecule has 32 heavy (non-hydrogen) atoms. The summed E-state index contributed by atoms with van der Waals surface area (Å²) in [5.41, 5.74) is -2.22. The van der Waals surface area contributed by atoms with E-state index in [-0.39, 0.29) is 34.3 Å². The van der Waals surface area contributed by atoms with Crippen LogP contribution < -0.4 is 14.2 Å². The Morgan fingerprint density at radius 1 is 0.969 bits per heavy atom. The number of carbonyl (C=O) groups excluding carboxylic acids is 2. The molecule has 0 heterocycles. The van der Waals surface area contributed by atoms with Gasteiger partial charge in [-0.25, -0.2) is 5.06 Å². The lowest BCUT2D eigenvalue weighted by atomic mass is 9.82. The zero-order chi connectivity index (χ0) is 24.2. The van der Waals surface area contributed by atoms with E-state index in [9.17, 15) is 35.2 Å². The molecule has 11 nitrogen and oxygen atoms in total. The molecule has 1 unspecified atom stereocenters. The minimum atomic E-state index is -2.25. The molecule has 1 amide bonds. The summed E-state index contributed by atoms with van der Waals surface area (Å²) in [4.78, 5) is 24.3. The van der Waals surface area contributed by atoms with Gasteiger partial charge in [0.2, 0.25) is 17.3 Å². The molecule has 0 aliphatic carbocycles. The van der Waals surface area contributed by atoms with Crippen LogP contribution in [0.15, 0.2) is 24.3 Å². The van der Waals surface area contributed by atoms with E-state index in [0.29, 0.717) is 5.56 Å². The Balaban J connectivity index is 2.64. The Bertz CT molecular complexity index is 995. The van der Waals surface area contributed by atoms with Gasteiger partial charge in [-0.15, -0.1) is 0 Å². The van der Waals surface area contributed by atoms with Gasteiger partial charge in [0.1, 0.15) is 5.60 Å². The highest BCUT2D eigenvalue weighted by Gasteiger charge is 2.39. The molecule has 2 rings (SSSR count). The monoisotopic (exact) mass is 451 g/mol. The van der Waals surface area contributed by atoms with Crippen LogP contribution in [0.4, 0.5) is 0 Å². The Morgan fingerprint density at radius 2 is 1.53 bits per heavy atom. The maximum Gasteiger partial charge on any atom is 0.313 e. The van der Waals surface area contributed by atoms with Crippen molar-refractivity contribution in [3.8, 4) is 34.5 Å². The molecule has 0 bridgehead atoms. The van der Waals surface area contributed by atoms with E-state index >= 15 is 0 Å². The van der Waals surface area contributed by atoms with Gasteiger partial charge in [0, 0.05) is 25.5 Å². The number of aromatic hydroxyl groups is 3. The van der Waals surface area contributed by atoms with Crippen molar-refractivity contribution in [3.05, 3.63) is 35.4 Å². The second-order valence-corrected chi connectivity index (χ2v) is 7.00. The quantitative estimate of drug-likeness (QED) is 0.161. The van der Waals surface area contributed by atoms with Crippen molar-refractivity contribution in [2.45, 2.75) is 18.4 Å². The number of benzene rings is 2. The topological polar surface area (TPSA) is 166 Å². The van der Waals surface area contributed by atoms with Crippen molar-refractivity contribution in [1.82, 2.24) is 5.06 Å². The standard InChI is InChI=1S/C21H25NO10/c1-22(29)20(27)14(24)10-21(28,12-5-6-13(23)18(26)17(12)25)9-11-7-15(30-2)19(32-4)16(8-11)31-3/h5-8,23,25-26,28-29H,9-10H2,1-4H3. The highest BCUT2D eigenvalue weighted by atomic mass is 16.5. The van der Waals surface area contributed by atoms with Crippen molar-refractivity contribution < 1.29 is 49.4 Å². The summed E-state index contributed by atoms with van der Waals surface area (Å²) in [5, 5.41) is 50.7. The van der Waals surface area contributed by atoms with Crippen LogP contribution in [0.25, 0.3) is 0 Å². The number of phenols is 3. The van der Waals surface area contributed by atoms with Crippen molar-refractivity contribution in [1.29, 1.82) is 0 Å². The number of Topliss-reactive ketones (excluding diaryl/α,β-unsaturated/α-hetero) is 1. The Hall–Kier alpha value is -3.70. The highest BCUT2D eigenvalue weighted by Crippen LogP contribution is 2.45. The molecule has 0 saturated carbocycles. The number of hydrogen-bond donors (Lipinski definition) is 5. The van der Waals surface area contributed by atoms with E-state index < -0.39 is 41.0 Å². The fraction of sp³-hybridized carbons (Fsp3) is 0.333. The van der Waals surface area contributed by atoms with Gasteiger partial charge in [-0.05, 0) is 29.8 Å². The lowest BCUT2D eigenvalue weighted by Crippen LogP contribution is -2.38. The van der Waals surface area contributed by atoms with Crippen LogP contribution >= 0.6 is 0 Å². The van der Waals surface area contributed by atoms with Crippen molar-refractivity contribution >= 4 is 11.7 Å². The lowest BCUT2D eigenvalue weighted by Gasteiger charge is -2.30. The number of amides is 1. The number of rotatable bonds is 9. The summed E-state index contributed by atoms with van der Waals surface area (Å²) >= 11 is 0. The van der Waals surface area contributed by atoms with Crippen LogP contribution in [0.3, 0.4) is 0 Å². The van der Waals surface area contributed by atoms with Crippen molar-refractivity contribution in [2.75, 3.05) is 28.4 Å². The maximum atomic E-state index is 12.4. The van der Waals surface area contributed by atoms with Gasteiger partial charge in [-0.3, -0.25) is 14.8 Å². The number of ketones is 1. The summed E-state index contributed by atoms with van der Waals surface area (Å²) < 4.78 is 15.8. The van der Waals surface area contributed by atoms with Crippen LogP contribution in [0.2, 0.25) is 0 Å². The number of hydroxylamine groups is 2.